The number of rotatable bonds is 7. The maximum absolute atomic E-state index is 11.1. The molecule has 2 saturated heterocycles. The van der Waals surface area contributed by atoms with Crippen molar-refractivity contribution >= 4 is 11.9 Å². The highest BCUT2D eigenvalue weighted by Gasteiger charge is 2.26. The second-order valence-electron chi connectivity index (χ2n) is 3.77. The van der Waals surface area contributed by atoms with E-state index in [-0.39, 0.29) is 43.6 Å². The molecule has 0 aromatic rings. The Morgan fingerprint density at radius 2 is 1.75 bits per heavy atom. The minimum atomic E-state index is -0.369. The van der Waals surface area contributed by atoms with Crippen molar-refractivity contribution in [1.29, 1.82) is 0 Å². The zero-order valence-corrected chi connectivity index (χ0v) is 8.85. The standard InChI is InChI=1S/C10H14O6/c11-9(16-6-8-5-15-8)1-2-13-10(12)3-7-4-14-7/h7-8H,1-6H2. The third-order valence-corrected chi connectivity index (χ3v) is 2.20. The molecule has 0 spiro atoms. The largest absolute Gasteiger partial charge is 0.465 e. The molecule has 0 amide bonds. The molecule has 2 aliphatic heterocycles. The van der Waals surface area contributed by atoms with Gasteiger partial charge in [-0.1, -0.05) is 0 Å². The van der Waals surface area contributed by atoms with E-state index >= 15 is 0 Å². The minimum Gasteiger partial charge on any atom is -0.465 e. The van der Waals surface area contributed by atoms with Gasteiger partial charge in [0.25, 0.3) is 0 Å². The van der Waals surface area contributed by atoms with Crippen LogP contribution in [0.3, 0.4) is 0 Å². The Kier molecular flexibility index (Phi) is 3.74. The van der Waals surface area contributed by atoms with E-state index in [0.717, 1.165) is 0 Å². The molecule has 2 rings (SSSR count). The summed E-state index contributed by atoms with van der Waals surface area (Å²) in [6.45, 7) is 1.64. The van der Waals surface area contributed by atoms with Gasteiger partial charge in [-0.05, 0) is 0 Å². The number of carbonyl (C=O) groups excluding carboxylic acids is 2. The molecule has 2 unspecified atom stereocenters. The summed E-state index contributed by atoms with van der Waals surface area (Å²) in [5.41, 5.74) is 0. The summed E-state index contributed by atoms with van der Waals surface area (Å²) >= 11 is 0. The third kappa shape index (κ3) is 4.59. The molecule has 0 N–H and O–H groups in total. The average molecular weight is 230 g/mol. The van der Waals surface area contributed by atoms with Gasteiger partial charge in [-0.15, -0.1) is 0 Å². The molecule has 2 aliphatic rings. The summed E-state index contributed by atoms with van der Waals surface area (Å²) in [6.07, 6.45) is 0.444. The van der Waals surface area contributed by atoms with Gasteiger partial charge in [0.1, 0.15) is 19.3 Å². The van der Waals surface area contributed by atoms with Gasteiger partial charge < -0.3 is 18.9 Å². The number of epoxide rings is 2. The van der Waals surface area contributed by atoms with Crippen molar-refractivity contribution in [3.05, 3.63) is 0 Å². The fourth-order valence-electron chi connectivity index (χ4n) is 1.10. The van der Waals surface area contributed by atoms with Gasteiger partial charge in [-0.25, -0.2) is 0 Å². The highest BCUT2D eigenvalue weighted by Crippen LogP contribution is 2.13. The Morgan fingerprint density at radius 1 is 1.06 bits per heavy atom. The summed E-state index contributed by atoms with van der Waals surface area (Å²) in [5, 5.41) is 0. The number of ether oxygens (including phenoxy) is 4. The highest BCUT2D eigenvalue weighted by atomic mass is 16.6. The first-order chi connectivity index (χ1) is 7.74. The van der Waals surface area contributed by atoms with Gasteiger partial charge in [0.2, 0.25) is 0 Å². The fraction of sp³-hybridized carbons (Fsp3) is 0.800. The molecular weight excluding hydrogens is 216 g/mol. The van der Waals surface area contributed by atoms with Crippen LogP contribution in [0.15, 0.2) is 0 Å². The first kappa shape index (κ1) is 11.3. The van der Waals surface area contributed by atoms with E-state index in [1.54, 1.807) is 0 Å². The van der Waals surface area contributed by atoms with Crippen LogP contribution in [-0.4, -0.2) is 50.6 Å². The van der Waals surface area contributed by atoms with Crippen LogP contribution < -0.4 is 0 Å². The molecule has 2 fully saturated rings. The van der Waals surface area contributed by atoms with Crippen molar-refractivity contribution in [2.24, 2.45) is 0 Å². The summed E-state index contributed by atoms with van der Waals surface area (Å²) < 4.78 is 19.4. The second kappa shape index (κ2) is 5.27. The lowest BCUT2D eigenvalue weighted by molar-refractivity contribution is -0.149. The molecule has 0 aromatic carbocycles. The second-order valence-corrected chi connectivity index (χ2v) is 3.77. The Balaban J connectivity index is 1.45. The molecule has 0 radical (unpaired) electrons. The minimum absolute atomic E-state index is 0.0199. The first-order valence-corrected chi connectivity index (χ1v) is 5.28. The van der Waals surface area contributed by atoms with Gasteiger partial charge in [-0.3, -0.25) is 9.59 Å². The Labute approximate surface area is 92.8 Å². The molecule has 6 heteroatoms. The molecule has 16 heavy (non-hydrogen) atoms. The number of carbonyl (C=O) groups is 2. The summed E-state index contributed by atoms with van der Waals surface area (Å²) in [7, 11) is 0. The van der Waals surface area contributed by atoms with Crippen LogP contribution in [0.2, 0.25) is 0 Å². The summed E-state index contributed by atoms with van der Waals surface area (Å²) in [6, 6.07) is 0. The average Bonchev–Trinajstić information content (AvgIpc) is 3.09. The predicted molar refractivity (Wildman–Crippen MR) is 50.6 cm³/mol. The van der Waals surface area contributed by atoms with E-state index < -0.39 is 0 Å². The van der Waals surface area contributed by atoms with E-state index in [4.69, 9.17) is 18.9 Å². The molecule has 0 bridgehead atoms. The summed E-state index contributed by atoms with van der Waals surface area (Å²) in [4.78, 5) is 22.2. The van der Waals surface area contributed by atoms with E-state index in [9.17, 15) is 9.59 Å². The van der Waals surface area contributed by atoms with E-state index in [0.29, 0.717) is 19.8 Å². The quantitative estimate of drug-likeness (QED) is 0.439. The zero-order chi connectivity index (χ0) is 11.4. The van der Waals surface area contributed by atoms with Crippen LogP contribution in [-0.2, 0) is 28.5 Å². The van der Waals surface area contributed by atoms with Crippen molar-refractivity contribution in [2.45, 2.75) is 25.0 Å². The zero-order valence-electron chi connectivity index (χ0n) is 8.85. The van der Waals surface area contributed by atoms with E-state index in [2.05, 4.69) is 0 Å². The molecule has 2 heterocycles. The lowest BCUT2D eigenvalue weighted by Crippen LogP contribution is -2.15. The maximum atomic E-state index is 11.1. The highest BCUT2D eigenvalue weighted by molar-refractivity contribution is 5.72. The van der Waals surface area contributed by atoms with Crippen LogP contribution >= 0.6 is 0 Å². The first-order valence-electron chi connectivity index (χ1n) is 5.28. The molecule has 0 aromatic heterocycles. The van der Waals surface area contributed by atoms with Gasteiger partial charge in [0, 0.05) is 0 Å². The molecule has 6 nitrogen and oxygen atoms in total. The van der Waals surface area contributed by atoms with Crippen LogP contribution in [0.4, 0.5) is 0 Å². The van der Waals surface area contributed by atoms with Crippen molar-refractivity contribution in [1.82, 2.24) is 0 Å². The number of hydrogen-bond acceptors (Lipinski definition) is 6. The topological polar surface area (TPSA) is 77.7 Å². The monoisotopic (exact) mass is 230 g/mol. The lowest BCUT2D eigenvalue weighted by atomic mass is 10.3. The number of hydrogen-bond donors (Lipinski definition) is 0. The van der Waals surface area contributed by atoms with Crippen molar-refractivity contribution in [3.63, 3.8) is 0 Å². The van der Waals surface area contributed by atoms with Crippen LogP contribution in [0.25, 0.3) is 0 Å². The Bertz CT molecular complexity index is 268. The van der Waals surface area contributed by atoms with Crippen molar-refractivity contribution in [2.75, 3.05) is 26.4 Å². The maximum Gasteiger partial charge on any atom is 0.309 e. The number of esters is 2. The lowest BCUT2D eigenvalue weighted by Gasteiger charge is -2.04. The van der Waals surface area contributed by atoms with Crippen molar-refractivity contribution < 1.29 is 28.5 Å². The van der Waals surface area contributed by atoms with E-state index in [1.807, 2.05) is 0 Å². The molecule has 0 saturated carbocycles. The summed E-state index contributed by atoms with van der Waals surface area (Å²) in [5.74, 6) is -0.702. The molecule has 2 atom stereocenters. The Morgan fingerprint density at radius 3 is 2.38 bits per heavy atom. The van der Waals surface area contributed by atoms with Gasteiger partial charge in [-0.2, -0.15) is 0 Å². The van der Waals surface area contributed by atoms with Gasteiger partial charge in [0.05, 0.1) is 32.2 Å². The van der Waals surface area contributed by atoms with Gasteiger partial charge in [0.15, 0.2) is 0 Å². The molecular formula is C10H14O6. The predicted octanol–water partition coefficient (Wildman–Crippen LogP) is -0.349. The van der Waals surface area contributed by atoms with Crippen LogP contribution in [0.1, 0.15) is 12.8 Å². The molecule has 0 aliphatic carbocycles. The smallest absolute Gasteiger partial charge is 0.309 e. The van der Waals surface area contributed by atoms with Gasteiger partial charge >= 0.3 is 11.9 Å². The molecule has 90 valence electrons. The van der Waals surface area contributed by atoms with E-state index in [1.165, 1.54) is 0 Å². The van der Waals surface area contributed by atoms with Crippen LogP contribution in [0, 0.1) is 0 Å². The normalized spacial score (nSPS) is 26.0. The SMILES string of the molecule is O=C(CCOC(=O)CC1CO1)OCC1CO1. The Hall–Kier alpha value is -1.14. The van der Waals surface area contributed by atoms with Crippen molar-refractivity contribution in [3.8, 4) is 0 Å². The van der Waals surface area contributed by atoms with Crippen LogP contribution in [0.5, 0.6) is 0 Å². The third-order valence-electron chi connectivity index (χ3n) is 2.20. The fourth-order valence-corrected chi connectivity index (χ4v) is 1.10.